The second-order valence-corrected chi connectivity index (χ2v) is 8.57. The van der Waals surface area contributed by atoms with Crippen LogP contribution in [0.2, 0.25) is 0 Å². The van der Waals surface area contributed by atoms with Gasteiger partial charge in [-0.15, -0.1) is 11.3 Å². The smallest absolute Gasteiger partial charge is 0.272 e. The highest BCUT2D eigenvalue weighted by molar-refractivity contribution is 7.99. The Morgan fingerprint density at radius 3 is 2.75 bits per heavy atom. The number of nitrogens with one attached hydrogen (secondary N) is 1. The Morgan fingerprint density at radius 2 is 2.04 bits per heavy atom. The van der Waals surface area contributed by atoms with E-state index in [9.17, 15) is 9.59 Å². The van der Waals surface area contributed by atoms with Crippen molar-refractivity contribution in [3.8, 4) is 5.75 Å². The fourth-order valence-corrected chi connectivity index (χ4v) is 5.12. The maximum absolute atomic E-state index is 13.0. The van der Waals surface area contributed by atoms with Gasteiger partial charge in [0.05, 0.1) is 18.4 Å². The van der Waals surface area contributed by atoms with Crippen molar-refractivity contribution in [3.05, 3.63) is 46.1 Å². The molecule has 2 aromatic heterocycles. The van der Waals surface area contributed by atoms with Crippen LogP contribution >= 0.6 is 23.1 Å². The summed E-state index contributed by atoms with van der Waals surface area (Å²) >= 11 is 2.75. The van der Waals surface area contributed by atoms with E-state index in [1.165, 1.54) is 23.1 Å². The number of thiophene rings is 1. The zero-order chi connectivity index (χ0) is 19.5. The molecule has 146 valence electrons. The van der Waals surface area contributed by atoms with Crippen molar-refractivity contribution in [1.29, 1.82) is 0 Å². The highest BCUT2D eigenvalue weighted by Gasteiger charge is 2.23. The number of hydrogen-bond donors (Lipinski definition) is 1. The number of amides is 1. The Kier molecular flexibility index (Phi) is 5.68. The number of fused-ring (bicyclic) bond motifs is 1. The average Bonchev–Trinajstić information content (AvgIpc) is 3.39. The predicted molar refractivity (Wildman–Crippen MR) is 114 cm³/mol. The van der Waals surface area contributed by atoms with Gasteiger partial charge < -0.3 is 10.1 Å². The first-order valence-electron chi connectivity index (χ1n) is 9.22. The van der Waals surface area contributed by atoms with Gasteiger partial charge in [-0.05, 0) is 48.6 Å². The van der Waals surface area contributed by atoms with Gasteiger partial charge in [-0.3, -0.25) is 14.2 Å². The first kappa shape index (κ1) is 19.0. The summed E-state index contributed by atoms with van der Waals surface area (Å²) in [5.41, 5.74) is 1.44. The van der Waals surface area contributed by atoms with Crippen molar-refractivity contribution in [3.63, 3.8) is 0 Å². The molecule has 1 aliphatic rings. The van der Waals surface area contributed by atoms with Gasteiger partial charge in [-0.25, -0.2) is 4.98 Å². The van der Waals surface area contributed by atoms with Crippen LogP contribution in [0.15, 0.2) is 45.7 Å². The molecule has 3 aromatic rings. The Morgan fingerprint density at radius 1 is 1.29 bits per heavy atom. The number of nitrogens with zero attached hydrogens (tertiary/aromatic N) is 2. The molecule has 0 saturated heterocycles. The van der Waals surface area contributed by atoms with Crippen molar-refractivity contribution in [2.24, 2.45) is 0 Å². The Hall–Kier alpha value is -2.32. The number of benzene rings is 1. The van der Waals surface area contributed by atoms with E-state index in [0.29, 0.717) is 21.1 Å². The van der Waals surface area contributed by atoms with Gasteiger partial charge in [0.25, 0.3) is 5.56 Å². The summed E-state index contributed by atoms with van der Waals surface area (Å²) in [6, 6.07) is 9.23. The number of methoxy groups -OCH3 is 1. The lowest BCUT2D eigenvalue weighted by molar-refractivity contribution is -0.113. The van der Waals surface area contributed by atoms with E-state index in [2.05, 4.69) is 10.3 Å². The van der Waals surface area contributed by atoms with E-state index in [0.717, 1.165) is 31.4 Å². The summed E-state index contributed by atoms with van der Waals surface area (Å²) in [7, 11) is 1.60. The fraction of sp³-hybridized carbons (Fsp3) is 0.350. The molecule has 0 bridgehead atoms. The van der Waals surface area contributed by atoms with Crippen molar-refractivity contribution in [2.75, 3.05) is 18.2 Å². The van der Waals surface area contributed by atoms with Crippen molar-refractivity contribution < 1.29 is 9.53 Å². The molecule has 1 saturated carbocycles. The summed E-state index contributed by atoms with van der Waals surface area (Å²) in [6.45, 7) is 0. The number of thioether (sulfide) groups is 1. The third-order valence-electron chi connectivity index (χ3n) is 4.88. The van der Waals surface area contributed by atoms with Crippen LogP contribution in [0.1, 0.15) is 31.7 Å². The van der Waals surface area contributed by atoms with Crippen LogP contribution in [-0.4, -0.2) is 28.3 Å². The monoisotopic (exact) mass is 415 g/mol. The summed E-state index contributed by atoms with van der Waals surface area (Å²) in [6.07, 6.45) is 4.23. The number of anilines is 1. The zero-order valence-electron chi connectivity index (χ0n) is 15.5. The lowest BCUT2D eigenvalue weighted by Crippen LogP contribution is -2.26. The first-order chi connectivity index (χ1) is 13.7. The zero-order valence-corrected chi connectivity index (χ0v) is 17.1. The quantitative estimate of drug-likeness (QED) is 0.480. The molecule has 1 aromatic carbocycles. The lowest BCUT2D eigenvalue weighted by Gasteiger charge is -2.17. The molecule has 1 N–H and O–H groups in total. The second-order valence-electron chi connectivity index (χ2n) is 6.71. The number of rotatable bonds is 6. The predicted octanol–water partition coefficient (Wildman–Crippen LogP) is 4.31. The molecule has 0 aliphatic heterocycles. The number of hydrogen-bond acceptors (Lipinski definition) is 6. The van der Waals surface area contributed by atoms with Gasteiger partial charge >= 0.3 is 0 Å². The summed E-state index contributed by atoms with van der Waals surface area (Å²) in [5.74, 6) is 0.801. The minimum absolute atomic E-state index is 0.0185. The van der Waals surface area contributed by atoms with Gasteiger partial charge in [0.1, 0.15) is 10.4 Å². The molecule has 1 aliphatic carbocycles. The topological polar surface area (TPSA) is 73.2 Å². The number of ether oxygens (including phenoxy) is 1. The molecule has 1 amide bonds. The molecule has 28 heavy (non-hydrogen) atoms. The minimum Gasteiger partial charge on any atom is -0.497 e. The highest BCUT2D eigenvalue weighted by Crippen LogP contribution is 2.32. The minimum atomic E-state index is -0.132. The molecule has 0 unspecified atom stereocenters. The molecule has 1 fully saturated rings. The van der Waals surface area contributed by atoms with Crippen LogP contribution in [0.3, 0.4) is 0 Å². The van der Waals surface area contributed by atoms with Crippen LogP contribution in [-0.2, 0) is 4.79 Å². The van der Waals surface area contributed by atoms with Crippen LogP contribution in [0, 0.1) is 0 Å². The molecule has 0 atom stereocenters. The Labute approximate surface area is 170 Å². The van der Waals surface area contributed by atoms with E-state index in [4.69, 9.17) is 4.74 Å². The molecular weight excluding hydrogens is 394 g/mol. The lowest BCUT2D eigenvalue weighted by atomic mass is 10.2. The largest absolute Gasteiger partial charge is 0.497 e. The average molecular weight is 416 g/mol. The van der Waals surface area contributed by atoms with Crippen LogP contribution in [0.5, 0.6) is 5.75 Å². The maximum atomic E-state index is 13.0. The fourth-order valence-electron chi connectivity index (χ4n) is 3.49. The molecule has 8 heteroatoms. The first-order valence-corrected chi connectivity index (χ1v) is 11.1. The van der Waals surface area contributed by atoms with E-state index in [-0.39, 0.29) is 23.3 Å². The Bertz CT molecular complexity index is 1040. The molecule has 0 radical (unpaired) electrons. The standard InChI is InChI=1S/C20H21N3O3S2/c1-26-15-8-6-13(7-9-15)21-17(24)12-28-20-22-16-10-11-27-18(16)19(25)23(20)14-4-2-3-5-14/h6-11,14H,2-5,12H2,1H3,(H,21,24). The second kappa shape index (κ2) is 8.36. The Balaban J connectivity index is 1.52. The van der Waals surface area contributed by atoms with E-state index < -0.39 is 0 Å². The summed E-state index contributed by atoms with van der Waals surface area (Å²) < 4.78 is 7.63. The van der Waals surface area contributed by atoms with E-state index >= 15 is 0 Å². The van der Waals surface area contributed by atoms with E-state index in [1.54, 1.807) is 31.4 Å². The normalized spacial score (nSPS) is 14.5. The van der Waals surface area contributed by atoms with Crippen molar-refractivity contribution in [1.82, 2.24) is 9.55 Å². The SMILES string of the molecule is COc1ccc(NC(=O)CSc2nc3ccsc3c(=O)n2C2CCCC2)cc1. The van der Waals surface area contributed by atoms with Crippen LogP contribution in [0.4, 0.5) is 5.69 Å². The summed E-state index contributed by atoms with van der Waals surface area (Å²) in [4.78, 5) is 30.1. The third kappa shape index (κ3) is 3.93. The van der Waals surface area contributed by atoms with Gasteiger partial charge in [0, 0.05) is 11.7 Å². The molecular formula is C20H21N3O3S2. The number of carbonyl (C=O) groups excluding carboxylic acids is 1. The van der Waals surface area contributed by atoms with Gasteiger partial charge in [-0.2, -0.15) is 0 Å². The maximum Gasteiger partial charge on any atom is 0.272 e. The molecule has 0 spiro atoms. The highest BCUT2D eigenvalue weighted by atomic mass is 32.2. The molecule has 2 heterocycles. The van der Waals surface area contributed by atoms with Gasteiger partial charge in [0.15, 0.2) is 5.16 Å². The molecule has 6 nitrogen and oxygen atoms in total. The number of carbonyl (C=O) groups is 1. The van der Waals surface area contributed by atoms with Crippen molar-refractivity contribution in [2.45, 2.75) is 36.9 Å². The van der Waals surface area contributed by atoms with Gasteiger partial charge in [0.2, 0.25) is 5.91 Å². The number of aromatic nitrogens is 2. The molecule has 4 rings (SSSR count). The van der Waals surface area contributed by atoms with Crippen molar-refractivity contribution >= 4 is 44.9 Å². The van der Waals surface area contributed by atoms with Crippen LogP contribution < -0.4 is 15.6 Å². The third-order valence-corrected chi connectivity index (χ3v) is 6.72. The van der Waals surface area contributed by atoms with Crippen LogP contribution in [0.25, 0.3) is 10.2 Å². The van der Waals surface area contributed by atoms with E-state index in [1.807, 2.05) is 16.0 Å². The van der Waals surface area contributed by atoms with Gasteiger partial charge in [-0.1, -0.05) is 24.6 Å². The summed E-state index contributed by atoms with van der Waals surface area (Å²) in [5, 5.41) is 5.39.